The van der Waals surface area contributed by atoms with Gasteiger partial charge in [-0.2, -0.15) is 0 Å². The predicted octanol–water partition coefficient (Wildman–Crippen LogP) is 0.197. The molecule has 17 heavy (non-hydrogen) atoms. The van der Waals surface area contributed by atoms with E-state index in [2.05, 4.69) is 24.1 Å². The lowest BCUT2D eigenvalue weighted by atomic mass is 10.1. The Labute approximate surface area is 105 Å². The number of carbonyl (C=O) groups is 1. The maximum Gasteiger partial charge on any atom is 0.234 e. The van der Waals surface area contributed by atoms with E-state index in [1.54, 1.807) is 14.2 Å². The Bertz CT molecular complexity index is 212. The Morgan fingerprint density at radius 3 is 2.53 bits per heavy atom. The first-order chi connectivity index (χ1) is 8.06. The first kappa shape index (κ1) is 16.4. The molecule has 2 unspecified atom stereocenters. The standard InChI is InChI=1S/C12H27N3O2/c1-5-10(2)15(8-9-17-4)7-6-11(14-3)12(13)16/h10-11,14H,5-9H2,1-4H3,(H2,13,16). The minimum Gasteiger partial charge on any atom is -0.383 e. The average molecular weight is 245 g/mol. The third-order valence-electron chi connectivity index (χ3n) is 3.19. The number of ether oxygens (including phenoxy) is 1. The molecule has 0 aromatic rings. The first-order valence-corrected chi connectivity index (χ1v) is 6.26. The Balaban J connectivity index is 4.17. The zero-order chi connectivity index (χ0) is 13.3. The van der Waals surface area contributed by atoms with Crippen LogP contribution in [0.4, 0.5) is 0 Å². The molecule has 0 saturated heterocycles. The SMILES string of the molecule is CCC(C)N(CCOC)CCC(NC)C(N)=O. The Hall–Kier alpha value is -0.650. The van der Waals surface area contributed by atoms with Crippen molar-refractivity contribution in [1.29, 1.82) is 0 Å². The molecular weight excluding hydrogens is 218 g/mol. The maximum atomic E-state index is 11.1. The van der Waals surface area contributed by atoms with Gasteiger partial charge < -0.3 is 15.8 Å². The van der Waals surface area contributed by atoms with Gasteiger partial charge in [0.1, 0.15) is 0 Å². The van der Waals surface area contributed by atoms with Crippen molar-refractivity contribution in [3.05, 3.63) is 0 Å². The molecule has 102 valence electrons. The molecule has 3 N–H and O–H groups in total. The van der Waals surface area contributed by atoms with Crippen LogP contribution in [0.15, 0.2) is 0 Å². The van der Waals surface area contributed by atoms with E-state index in [0.29, 0.717) is 12.6 Å². The molecule has 0 spiro atoms. The number of rotatable bonds is 10. The second-order valence-corrected chi connectivity index (χ2v) is 4.32. The van der Waals surface area contributed by atoms with Gasteiger partial charge in [-0.15, -0.1) is 0 Å². The first-order valence-electron chi connectivity index (χ1n) is 6.26. The van der Waals surface area contributed by atoms with Crippen LogP contribution in [-0.4, -0.2) is 56.7 Å². The van der Waals surface area contributed by atoms with Gasteiger partial charge in [-0.25, -0.2) is 0 Å². The smallest absolute Gasteiger partial charge is 0.234 e. The van der Waals surface area contributed by atoms with Crippen molar-refractivity contribution < 1.29 is 9.53 Å². The molecule has 5 nitrogen and oxygen atoms in total. The van der Waals surface area contributed by atoms with Crippen LogP contribution in [-0.2, 0) is 9.53 Å². The van der Waals surface area contributed by atoms with E-state index in [1.165, 1.54) is 0 Å². The summed E-state index contributed by atoms with van der Waals surface area (Å²) < 4.78 is 5.10. The molecule has 0 aromatic heterocycles. The van der Waals surface area contributed by atoms with E-state index < -0.39 is 0 Å². The third-order valence-corrected chi connectivity index (χ3v) is 3.19. The van der Waals surface area contributed by atoms with Crippen LogP contribution in [0.25, 0.3) is 0 Å². The number of nitrogens with zero attached hydrogens (tertiary/aromatic N) is 1. The molecule has 1 amide bonds. The van der Waals surface area contributed by atoms with Crippen molar-refractivity contribution in [3.8, 4) is 0 Å². The second-order valence-electron chi connectivity index (χ2n) is 4.32. The van der Waals surface area contributed by atoms with Gasteiger partial charge in [-0.3, -0.25) is 9.69 Å². The van der Waals surface area contributed by atoms with Crippen LogP contribution in [0.3, 0.4) is 0 Å². The van der Waals surface area contributed by atoms with E-state index >= 15 is 0 Å². The number of nitrogens with one attached hydrogen (secondary N) is 1. The molecular formula is C12H27N3O2. The highest BCUT2D eigenvalue weighted by Crippen LogP contribution is 2.05. The van der Waals surface area contributed by atoms with E-state index in [0.717, 1.165) is 25.9 Å². The molecule has 0 bridgehead atoms. The van der Waals surface area contributed by atoms with Crippen LogP contribution >= 0.6 is 0 Å². The van der Waals surface area contributed by atoms with Crippen LogP contribution in [0.1, 0.15) is 26.7 Å². The fourth-order valence-corrected chi connectivity index (χ4v) is 1.74. The average Bonchev–Trinajstić information content (AvgIpc) is 2.32. The lowest BCUT2D eigenvalue weighted by Crippen LogP contribution is -2.44. The summed E-state index contributed by atoms with van der Waals surface area (Å²) in [6, 6.07) is 0.250. The molecule has 0 aromatic carbocycles. The molecule has 0 aliphatic rings. The fourth-order valence-electron chi connectivity index (χ4n) is 1.74. The number of amides is 1. The summed E-state index contributed by atoms with van der Waals surface area (Å²) in [5, 5.41) is 2.94. The molecule has 2 atom stereocenters. The highest BCUT2D eigenvalue weighted by Gasteiger charge is 2.17. The topological polar surface area (TPSA) is 67.6 Å². The number of methoxy groups -OCH3 is 1. The zero-order valence-corrected chi connectivity index (χ0v) is 11.5. The van der Waals surface area contributed by atoms with Crippen LogP contribution in [0, 0.1) is 0 Å². The lowest BCUT2D eigenvalue weighted by molar-refractivity contribution is -0.120. The summed E-state index contributed by atoms with van der Waals surface area (Å²) in [4.78, 5) is 13.4. The zero-order valence-electron chi connectivity index (χ0n) is 11.5. The molecule has 0 fully saturated rings. The summed E-state index contributed by atoms with van der Waals surface area (Å²) in [6.07, 6.45) is 1.82. The minimum atomic E-state index is -0.289. The minimum absolute atomic E-state index is 0.246. The normalized spacial score (nSPS) is 14.9. The Morgan fingerprint density at radius 2 is 2.12 bits per heavy atom. The number of likely N-dealkylation sites (N-methyl/N-ethyl adjacent to an activating group) is 1. The third kappa shape index (κ3) is 6.61. The van der Waals surface area contributed by atoms with Crippen molar-refractivity contribution in [2.24, 2.45) is 5.73 Å². The van der Waals surface area contributed by atoms with Crippen LogP contribution in [0.5, 0.6) is 0 Å². The maximum absolute atomic E-state index is 11.1. The van der Waals surface area contributed by atoms with Gasteiger partial charge in [0.25, 0.3) is 0 Å². The van der Waals surface area contributed by atoms with Crippen molar-refractivity contribution in [2.75, 3.05) is 33.9 Å². The van der Waals surface area contributed by atoms with Crippen molar-refractivity contribution >= 4 is 5.91 Å². The second kappa shape index (κ2) is 9.39. The van der Waals surface area contributed by atoms with Crippen LogP contribution in [0.2, 0.25) is 0 Å². The van der Waals surface area contributed by atoms with E-state index in [9.17, 15) is 4.79 Å². The van der Waals surface area contributed by atoms with Gasteiger partial charge in [0.2, 0.25) is 5.91 Å². The number of nitrogens with two attached hydrogens (primary N) is 1. The van der Waals surface area contributed by atoms with Gasteiger partial charge >= 0.3 is 0 Å². The molecule has 5 heteroatoms. The summed E-state index contributed by atoms with van der Waals surface area (Å²) in [5.41, 5.74) is 5.30. The number of hydrogen-bond donors (Lipinski definition) is 2. The van der Waals surface area contributed by atoms with E-state index in [-0.39, 0.29) is 11.9 Å². The highest BCUT2D eigenvalue weighted by atomic mass is 16.5. The van der Waals surface area contributed by atoms with Gasteiger partial charge in [-0.1, -0.05) is 6.92 Å². The van der Waals surface area contributed by atoms with Gasteiger partial charge in [0.05, 0.1) is 12.6 Å². The summed E-state index contributed by atoms with van der Waals surface area (Å²) in [5.74, 6) is -0.289. The van der Waals surface area contributed by atoms with E-state index in [4.69, 9.17) is 10.5 Å². The van der Waals surface area contributed by atoms with Crippen molar-refractivity contribution in [2.45, 2.75) is 38.8 Å². The summed E-state index contributed by atoms with van der Waals surface area (Å²) in [7, 11) is 3.47. The highest BCUT2D eigenvalue weighted by molar-refractivity contribution is 5.79. The molecule has 0 heterocycles. The van der Waals surface area contributed by atoms with Gasteiger partial charge in [0, 0.05) is 26.2 Å². The van der Waals surface area contributed by atoms with Gasteiger partial charge in [0.15, 0.2) is 0 Å². The number of carbonyl (C=O) groups excluding carboxylic acids is 1. The Kier molecular flexibility index (Phi) is 9.03. The van der Waals surface area contributed by atoms with Gasteiger partial charge in [-0.05, 0) is 26.8 Å². The van der Waals surface area contributed by atoms with Crippen molar-refractivity contribution in [3.63, 3.8) is 0 Å². The van der Waals surface area contributed by atoms with E-state index in [1.807, 2.05) is 0 Å². The molecule has 0 rings (SSSR count). The fraction of sp³-hybridized carbons (Fsp3) is 0.917. The number of hydrogen-bond acceptors (Lipinski definition) is 4. The van der Waals surface area contributed by atoms with Crippen LogP contribution < -0.4 is 11.1 Å². The van der Waals surface area contributed by atoms with Crippen molar-refractivity contribution in [1.82, 2.24) is 10.2 Å². The quantitative estimate of drug-likeness (QED) is 0.577. The molecule has 0 radical (unpaired) electrons. The monoisotopic (exact) mass is 245 g/mol. The lowest BCUT2D eigenvalue weighted by Gasteiger charge is -2.29. The molecule has 0 saturated carbocycles. The summed E-state index contributed by atoms with van der Waals surface area (Å²) >= 11 is 0. The predicted molar refractivity (Wildman–Crippen MR) is 69.9 cm³/mol. The number of primary amides is 1. The largest absolute Gasteiger partial charge is 0.383 e. The summed E-state index contributed by atoms with van der Waals surface area (Å²) in [6.45, 7) is 6.81. The Morgan fingerprint density at radius 1 is 1.47 bits per heavy atom. The molecule has 0 aliphatic carbocycles. The molecule has 0 aliphatic heterocycles.